The fourth-order valence-corrected chi connectivity index (χ4v) is 6.04. The minimum Gasteiger partial charge on any atom is -0.493 e. The predicted octanol–water partition coefficient (Wildman–Crippen LogP) is 5.43. The third-order valence-corrected chi connectivity index (χ3v) is 7.39. The van der Waals surface area contributed by atoms with Crippen LogP contribution in [0.15, 0.2) is 30.3 Å². The van der Waals surface area contributed by atoms with E-state index >= 15 is 0 Å². The van der Waals surface area contributed by atoms with Gasteiger partial charge in [0.25, 0.3) is 0 Å². The molecule has 0 saturated carbocycles. The third-order valence-electron chi connectivity index (χ3n) is 4.06. The maximum Gasteiger partial charge on any atom is 0.349 e. The van der Waals surface area contributed by atoms with Crippen LogP contribution in [0, 0.1) is 13.8 Å². The van der Waals surface area contributed by atoms with Crippen molar-refractivity contribution in [1.82, 2.24) is 0 Å². The van der Waals surface area contributed by atoms with Crippen molar-refractivity contribution in [2.45, 2.75) is 18.4 Å². The standard InChI is InChI=1S/C20H21ClO4S2/c1-12-8-15(21)9-13(2)19(12)24-11-18(22)25-16-5-4-14(10-17(16)23-3)20-26-6-7-27-20/h4-5,8-10,20H,6-7,11H2,1-3H3. The van der Waals surface area contributed by atoms with Crippen molar-refractivity contribution in [2.75, 3.05) is 25.2 Å². The lowest BCUT2D eigenvalue weighted by atomic mass is 10.1. The number of aryl methyl sites for hydroxylation is 2. The molecule has 0 N–H and O–H groups in total. The molecule has 1 saturated heterocycles. The molecule has 1 aliphatic rings. The summed E-state index contributed by atoms with van der Waals surface area (Å²) in [6.45, 7) is 3.59. The normalized spacial score (nSPS) is 14.2. The Bertz CT molecular complexity index is 812. The average Bonchev–Trinajstić information content (AvgIpc) is 3.15. The number of rotatable bonds is 6. The molecule has 2 aromatic carbocycles. The zero-order valence-corrected chi connectivity index (χ0v) is 17.8. The Labute approximate surface area is 172 Å². The summed E-state index contributed by atoms with van der Waals surface area (Å²) in [6.07, 6.45) is 0. The second-order valence-corrected chi connectivity index (χ2v) is 9.28. The molecule has 0 aliphatic carbocycles. The van der Waals surface area contributed by atoms with E-state index in [2.05, 4.69) is 0 Å². The van der Waals surface area contributed by atoms with E-state index < -0.39 is 5.97 Å². The van der Waals surface area contributed by atoms with Gasteiger partial charge in [-0.2, -0.15) is 0 Å². The highest BCUT2D eigenvalue weighted by molar-refractivity contribution is 8.19. The molecule has 0 bridgehead atoms. The minimum absolute atomic E-state index is 0.192. The second-order valence-electron chi connectivity index (χ2n) is 6.12. The Morgan fingerprint density at radius 3 is 2.41 bits per heavy atom. The Balaban J connectivity index is 1.65. The summed E-state index contributed by atoms with van der Waals surface area (Å²) in [4.78, 5) is 12.2. The monoisotopic (exact) mass is 424 g/mol. The molecular weight excluding hydrogens is 404 g/mol. The maximum atomic E-state index is 12.2. The van der Waals surface area contributed by atoms with Gasteiger partial charge in [0.05, 0.1) is 11.7 Å². The Morgan fingerprint density at radius 1 is 1.11 bits per heavy atom. The number of benzene rings is 2. The van der Waals surface area contributed by atoms with Crippen molar-refractivity contribution in [2.24, 2.45) is 0 Å². The molecule has 0 radical (unpaired) electrons. The van der Waals surface area contributed by atoms with E-state index in [0.29, 0.717) is 26.9 Å². The van der Waals surface area contributed by atoms with Crippen molar-refractivity contribution >= 4 is 41.1 Å². The number of methoxy groups -OCH3 is 1. The molecule has 0 unspecified atom stereocenters. The summed E-state index contributed by atoms with van der Waals surface area (Å²) in [5, 5.41) is 0.642. The van der Waals surface area contributed by atoms with Gasteiger partial charge in [-0.25, -0.2) is 4.79 Å². The first kappa shape index (κ1) is 20.2. The van der Waals surface area contributed by atoms with Crippen LogP contribution in [0.3, 0.4) is 0 Å². The van der Waals surface area contributed by atoms with Gasteiger partial charge in [0.1, 0.15) is 5.75 Å². The molecule has 7 heteroatoms. The number of halogens is 1. The highest BCUT2D eigenvalue weighted by atomic mass is 35.5. The summed E-state index contributed by atoms with van der Waals surface area (Å²) in [5.74, 6) is 3.40. The van der Waals surface area contributed by atoms with Crippen molar-refractivity contribution in [3.8, 4) is 17.2 Å². The van der Waals surface area contributed by atoms with E-state index in [1.165, 1.54) is 5.56 Å². The van der Waals surface area contributed by atoms with E-state index in [1.807, 2.05) is 49.5 Å². The number of esters is 1. The van der Waals surface area contributed by atoms with Gasteiger partial charge < -0.3 is 14.2 Å². The molecule has 0 amide bonds. The third kappa shape index (κ3) is 5.06. The quantitative estimate of drug-likeness (QED) is 0.455. The highest BCUT2D eigenvalue weighted by Gasteiger charge is 2.21. The van der Waals surface area contributed by atoms with Gasteiger partial charge in [-0.05, 0) is 54.8 Å². The lowest BCUT2D eigenvalue weighted by Crippen LogP contribution is -2.18. The van der Waals surface area contributed by atoms with E-state index in [-0.39, 0.29) is 6.61 Å². The summed E-state index contributed by atoms with van der Waals surface area (Å²) in [5.41, 5.74) is 2.92. The smallest absolute Gasteiger partial charge is 0.349 e. The van der Waals surface area contributed by atoms with Gasteiger partial charge in [0.15, 0.2) is 18.1 Å². The number of hydrogen-bond acceptors (Lipinski definition) is 6. The average molecular weight is 425 g/mol. The van der Waals surface area contributed by atoms with Crippen LogP contribution >= 0.6 is 35.1 Å². The Hall–Kier alpha value is -1.50. The molecule has 4 nitrogen and oxygen atoms in total. The van der Waals surface area contributed by atoms with Crippen LogP contribution in [0.4, 0.5) is 0 Å². The topological polar surface area (TPSA) is 44.8 Å². The first-order valence-corrected chi connectivity index (χ1v) is 11.0. The molecule has 2 aromatic rings. The lowest BCUT2D eigenvalue weighted by Gasteiger charge is -2.15. The summed E-state index contributed by atoms with van der Waals surface area (Å²) in [7, 11) is 1.57. The van der Waals surface area contributed by atoms with Gasteiger partial charge in [-0.1, -0.05) is 17.7 Å². The Morgan fingerprint density at radius 2 is 1.78 bits per heavy atom. The molecule has 144 valence electrons. The van der Waals surface area contributed by atoms with E-state index in [9.17, 15) is 4.79 Å². The van der Waals surface area contributed by atoms with Crippen LogP contribution < -0.4 is 14.2 Å². The molecule has 1 fully saturated rings. The van der Waals surface area contributed by atoms with E-state index in [1.54, 1.807) is 25.3 Å². The van der Waals surface area contributed by atoms with Gasteiger partial charge in [-0.15, -0.1) is 23.5 Å². The maximum absolute atomic E-state index is 12.2. The second kappa shape index (κ2) is 9.13. The van der Waals surface area contributed by atoms with Crippen molar-refractivity contribution in [3.05, 3.63) is 52.0 Å². The summed E-state index contributed by atoms with van der Waals surface area (Å²) >= 11 is 9.85. The molecule has 0 atom stereocenters. The summed E-state index contributed by atoms with van der Waals surface area (Å²) < 4.78 is 16.9. The fraction of sp³-hybridized carbons (Fsp3) is 0.350. The zero-order valence-electron chi connectivity index (χ0n) is 15.4. The van der Waals surface area contributed by atoms with Gasteiger partial charge in [-0.3, -0.25) is 0 Å². The largest absolute Gasteiger partial charge is 0.493 e. The lowest BCUT2D eigenvalue weighted by molar-refractivity contribution is -0.136. The summed E-state index contributed by atoms with van der Waals surface area (Å²) in [6, 6.07) is 9.30. The molecule has 3 rings (SSSR count). The van der Waals surface area contributed by atoms with E-state index in [4.69, 9.17) is 25.8 Å². The van der Waals surface area contributed by atoms with Crippen molar-refractivity contribution < 1.29 is 19.0 Å². The molecule has 27 heavy (non-hydrogen) atoms. The van der Waals surface area contributed by atoms with Crippen LogP contribution in [0.1, 0.15) is 21.3 Å². The van der Waals surface area contributed by atoms with Crippen LogP contribution in [-0.4, -0.2) is 31.2 Å². The zero-order chi connectivity index (χ0) is 19.4. The Kier molecular flexibility index (Phi) is 6.84. The number of thioether (sulfide) groups is 2. The number of carbonyl (C=O) groups is 1. The molecule has 1 aliphatic heterocycles. The molecule has 0 spiro atoms. The van der Waals surface area contributed by atoms with Crippen molar-refractivity contribution in [3.63, 3.8) is 0 Å². The van der Waals surface area contributed by atoms with Crippen LogP contribution in [-0.2, 0) is 4.79 Å². The van der Waals surface area contributed by atoms with E-state index in [0.717, 1.165) is 22.6 Å². The van der Waals surface area contributed by atoms with Crippen molar-refractivity contribution in [1.29, 1.82) is 0 Å². The fourth-order valence-electron chi connectivity index (χ4n) is 2.87. The molecule has 1 heterocycles. The van der Waals surface area contributed by atoms with Crippen LogP contribution in [0.25, 0.3) is 0 Å². The molecular formula is C20H21ClO4S2. The highest BCUT2D eigenvalue weighted by Crippen LogP contribution is 2.46. The molecule has 0 aromatic heterocycles. The SMILES string of the molecule is COc1cc(C2SCCS2)ccc1OC(=O)COc1c(C)cc(Cl)cc1C. The van der Waals surface area contributed by atoms with Gasteiger partial charge in [0.2, 0.25) is 0 Å². The predicted molar refractivity (Wildman–Crippen MR) is 113 cm³/mol. The first-order chi connectivity index (χ1) is 13.0. The number of hydrogen-bond donors (Lipinski definition) is 0. The van der Waals surface area contributed by atoms with Crippen LogP contribution in [0.2, 0.25) is 5.02 Å². The van der Waals surface area contributed by atoms with Gasteiger partial charge in [0, 0.05) is 16.5 Å². The van der Waals surface area contributed by atoms with Gasteiger partial charge >= 0.3 is 5.97 Å². The number of ether oxygens (including phenoxy) is 3. The minimum atomic E-state index is -0.487. The van der Waals surface area contributed by atoms with Crippen LogP contribution in [0.5, 0.6) is 17.2 Å². The first-order valence-electron chi connectivity index (χ1n) is 8.49. The number of carbonyl (C=O) groups excluding carboxylic acids is 1.